The largest absolute Gasteiger partial charge is 0.494 e. The normalized spacial score (nSPS) is 11.5. The fraction of sp³-hybridized carbons (Fsp3) is 0.190. The summed E-state index contributed by atoms with van der Waals surface area (Å²) < 4.78 is 5.31. The Morgan fingerprint density at radius 1 is 1.04 bits per heavy atom. The fourth-order valence-electron chi connectivity index (χ4n) is 2.84. The second-order valence-electron chi connectivity index (χ2n) is 6.33. The van der Waals surface area contributed by atoms with Gasteiger partial charge in [-0.25, -0.2) is 0 Å². The van der Waals surface area contributed by atoms with Gasteiger partial charge in [-0.05, 0) is 43.3 Å². The highest BCUT2D eigenvalue weighted by Gasteiger charge is 2.15. The van der Waals surface area contributed by atoms with Crippen LogP contribution in [0.25, 0.3) is 10.9 Å². The first-order valence-corrected chi connectivity index (χ1v) is 8.84. The first-order chi connectivity index (χ1) is 13.5. The summed E-state index contributed by atoms with van der Waals surface area (Å²) >= 11 is 0. The van der Waals surface area contributed by atoms with Gasteiger partial charge in [0.15, 0.2) is 0 Å². The third-order valence-corrected chi connectivity index (χ3v) is 4.19. The molecule has 1 aromatic heterocycles. The minimum atomic E-state index is -0.497. The molecule has 28 heavy (non-hydrogen) atoms. The van der Waals surface area contributed by atoms with Crippen LogP contribution in [0, 0.1) is 0 Å². The fourth-order valence-corrected chi connectivity index (χ4v) is 2.84. The molecule has 0 aliphatic carbocycles. The van der Waals surface area contributed by atoms with Crippen LogP contribution in [0.4, 0.5) is 17.1 Å². The van der Waals surface area contributed by atoms with E-state index in [4.69, 9.17) is 4.74 Å². The number of ether oxygens (including phenoxy) is 1. The maximum absolute atomic E-state index is 12.6. The summed E-state index contributed by atoms with van der Waals surface area (Å²) in [4.78, 5) is 28.2. The lowest BCUT2D eigenvalue weighted by Gasteiger charge is -2.17. The Labute approximate surface area is 163 Å². The van der Waals surface area contributed by atoms with Gasteiger partial charge in [0.25, 0.3) is 0 Å². The molecule has 7 nitrogen and oxygen atoms in total. The lowest BCUT2D eigenvalue weighted by atomic mass is 10.1. The smallest absolute Gasteiger partial charge is 0.246 e. The highest BCUT2D eigenvalue weighted by molar-refractivity contribution is 6.03. The molecule has 0 saturated carbocycles. The molecule has 1 heterocycles. The molecule has 2 aromatic carbocycles. The van der Waals surface area contributed by atoms with E-state index in [1.165, 1.54) is 14.0 Å². The number of fused-ring (bicyclic) bond motifs is 1. The summed E-state index contributed by atoms with van der Waals surface area (Å²) in [5, 5.41) is 9.67. The molecule has 0 spiro atoms. The highest BCUT2D eigenvalue weighted by Crippen LogP contribution is 2.28. The topological polar surface area (TPSA) is 92.3 Å². The summed E-state index contributed by atoms with van der Waals surface area (Å²) in [6, 6.07) is 14.1. The average Bonchev–Trinajstić information content (AvgIpc) is 2.69. The number of carbonyl (C=O) groups is 2. The third-order valence-electron chi connectivity index (χ3n) is 4.19. The van der Waals surface area contributed by atoms with Gasteiger partial charge in [0.2, 0.25) is 11.8 Å². The number of carbonyl (C=O) groups excluding carboxylic acids is 2. The molecule has 144 valence electrons. The molecular weight excluding hydrogens is 356 g/mol. The number of anilines is 3. The molecule has 0 radical (unpaired) electrons. The Morgan fingerprint density at radius 2 is 1.86 bits per heavy atom. The van der Waals surface area contributed by atoms with E-state index in [1.807, 2.05) is 30.3 Å². The van der Waals surface area contributed by atoms with Crippen LogP contribution in [-0.2, 0) is 9.59 Å². The molecule has 3 N–H and O–H groups in total. The minimum Gasteiger partial charge on any atom is -0.494 e. The SMILES string of the molecule is COc1cc(NC(C)C(=O)Nc2cccc3ncccc23)ccc1NC(C)=O. The number of hydrogen-bond donors (Lipinski definition) is 3. The predicted molar refractivity (Wildman–Crippen MR) is 111 cm³/mol. The van der Waals surface area contributed by atoms with Crippen molar-refractivity contribution in [3.8, 4) is 5.75 Å². The van der Waals surface area contributed by atoms with E-state index >= 15 is 0 Å². The number of aromatic nitrogens is 1. The first kappa shape index (κ1) is 19.2. The lowest BCUT2D eigenvalue weighted by molar-refractivity contribution is -0.116. The molecule has 1 unspecified atom stereocenters. The Kier molecular flexibility index (Phi) is 5.74. The Balaban J connectivity index is 1.72. The van der Waals surface area contributed by atoms with E-state index in [1.54, 1.807) is 31.3 Å². The van der Waals surface area contributed by atoms with E-state index in [0.29, 0.717) is 22.8 Å². The van der Waals surface area contributed by atoms with Crippen molar-refractivity contribution in [3.63, 3.8) is 0 Å². The van der Waals surface area contributed by atoms with Gasteiger partial charge in [-0.3, -0.25) is 14.6 Å². The van der Waals surface area contributed by atoms with Crippen molar-refractivity contribution < 1.29 is 14.3 Å². The van der Waals surface area contributed by atoms with Crippen molar-refractivity contribution in [1.29, 1.82) is 0 Å². The number of benzene rings is 2. The van der Waals surface area contributed by atoms with Crippen molar-refractivity contribution in [2.24, 2.45) is 0 Å². The zero-order chi connectivity index (χ0) is 20.1. The van der Waals surface area contributed by atoms with Crippen LogP contribution in [-0.4, -0.2) is 29.9 Å². The van der Waals surface area contributed by atoms with Crippen molar-refractivity contribution in [3.05, 3.63) is 54.7 Å². The Bertz CT molecular complexity index is 1010. The van der Waals surface area contributed by atoms with Crippen molar-refractivity contribution in [1.82, 2.24) is 4.98 Å². The molecule has 0 aliphatic rings. The number of methoxy groups -OCH3 is 1. The zero-order valence-corrected chi connectivity index (χ0v) is 15.9. The van der Waals surface area contributed by atoms with Gasteiger partial charge in [0.1, 0.15) is 11.8 Å². The van der Waals surface area contributed by atoms with Gasteiger partial charge in [-0.1, -0.05) is 6.07 Å². The minimum absolute atomic E-state index is 0.179. The first-order valence-electron chi connectivity index (χ1n) is 8.84. The van der Waals surface area contributed by atoms with Crippen LogP contribution >= 0.6 is 0 Å². The lowest BCUT2D eigenvalue weighted by Crippen LogP contribution is -2.31. The number of nitrogens with one attached hydrogen (secondary N) is 3. The molecule has 7 heteroatoms. The van der Waals surface area contributed by atoms with E-state index in [-0.39, 0.29) is 11.8 Å². The second-order valence-corrected chi connectivity index (χ2v) is 6.33. The molecule has 0 bridgehead atoms. The molecular formula is C21H22N4O3. The van der Waals surface area contributed by atoms with E-state index in [9.17, 15) is 9.59 Å². The average molecular weight is 378 g/mol. The highest BCUT2D eigenvalue weighted by atomic mass is 16.5. The summed E-state index contributed by atoms with van der Waals surface area (Å²) in [5.74, 6) is 0.144. The van der Waals surface area contributed by atoms with Crippen molar-refractivity contribution in [2.45, 2.75) is 19.9 Å². The van der Waals surface area contributed by atoms with Gasteiger partial charge in [0, 0.05) is 30.3 Å². The van der Waals surface area contributed by atoms with Crippen LogP contribution in [0.15, 0.2) is 54.7 Å². The number of rotatable bonds is 6. The summed E-state index contributed by atoms with van der Waals surface area (Å²) in [5.41, 5.74) is 2.80. The van der Waals surface area contributed by atoms with Crippen molar-refractivity contribution in [2.75, 3.05) is 23.1 Å². The Hall–Kier alpha value is -3.61. The number of nitrogens with zero attached hydrogens (tertiary/aromatic N) is 1. The molecule has 0 aliphatic heterocycles. The predicted octanol–water partition coefficient (Wildman–Crippen LogP) is 3.64. The molecule has 3 aromatic rings. The second kappa shape index (κ2) is 8.39. The standard InChI is InChI=1S/C21H22N4O3/c1-13(23-15-9-10-19(24-14(2)26)20(12-15)28-3)21(27)25-18-8-4-7-17-16(18)6-5-11-22-17/h4-13,23H,1-3H3,(H,24,26)(H,25,27). The van der Waals surface area contributed by atoms with Crippen LogP contribution in [0.1, 0.15) is 13.8 Å². The van der Waals surface area contributed by atoms with E-state index in [0.717, 1.165) is 10.9 Å². The summed E-state index contributed by atoms with van der Waals surface area (Å²) in [6.07, 6.45) is 1.72. The summed E-state index contributed by atoms with van der Waals surface area (Å²) in [6.45, 7) is 3.20. The van der Waals surface area contributed by atoms with Crippen LogP contribution < -0.4 is 20.7 Å². The van der Waals surface area contributed by atoms with E-state index < -0.39 is 6.04 Å². The molecule has 1 atom stereocenters. The molecule has 0 saturated heterocycles. The van der Waals surface area contributed by atoms with Gasteiger partial charge in [0.05, 0.1) is 24.0 Å². The van der Waals surface area contributed by atoms with Crippen LogP contribution in [0.3, 0.4) is 0 Å². The quantitative estimate of drug-likeness (QED) is 0.609. The Morgan fingerprint density at radius 3 is 2.61 bits per heavy atom. The molecule has 0 fully saturated rings. The van der Waals surface area contributed by atoms with Crippen molar-refractivity contribution >= 4 is 39.8 Å². The van der Waals surface area contributed by atoms with Gasteiger partial charge in [-0.2, -0.15) is 0 Å². The summed E-state index contributed by atoms with van der Waals surface area (Å²) in [7, 11) is 1.52. The molecule has 2 amide bonds. The number of hydrogen-bond acceptors (Lipinski definition) is 5. The van der Waals surface area contributed by atoms with Gasteiger partial charge in [-0.15, -0.1) is 0 Å². The van der Waals surface area contributed by atoms with Gasteiger partial charge >= 0.3 is 0 Å². The molecule has 3 rings (SSSR count). The van der Waals surface area contributed by atoms with E-state index in [2.05, 4.69) is 20.9 Å². The van der Waals surface area contributed by atoms with Crippen LogP contribution in [0.5, 0.6) is 5.75 Å². The maximum atomic E-state index is 12.6. The third kappa shape index (κ3) is 4.37. The number of pyridine rings is 1. The maximum Gasteiger partial charge on any atom is 0.246 e. The zero-order valence-electron chi connectivity index (χ0n) is 15.9. The monoisotopic (exact) mass is 378 g/mol. The van der Waals surface area contributed by atoms with Crippen LogP contribution in [0.2, 0.25) is 0 Å². The van der Waals surface area contributed by atoms with Gasteiger partial charge < -0.3 is 20.7 Å². The number of amides is 2.